The molecule has 5 heteroatoms. The maximum absolute atomic E-state index is 12.1. The summed E-state index contributed by atoms with van der Waals surface area (Å²) in [5.74, 6) is -0.836. The highest BCUT2D eigenvalue weighted by atomic mass is 16.6. The largest absolute Gasteiger partial charge is 0.460 e. The van der Waals surface area contributed by atoms with Crippen molar-refractivity contribution in [3.63, 3.8) is 0 Å². The molecule has 0 amide bonds. The van der Waals surface area contributed by atoms with E-state index in [0.717, 1.165) is 32.3 Å². The fourth-order valence-corrected chi connectivity index (χ4v) is 2.65. The van der Waals surface area contributed by atoms with Crippen LogP contribution in [0.4, 0.5) is 0 Å². The average Bonchev–Trinajstić information content (AvgIpc) is 2.96. The molecule has 0 aromatic carbocycles. The molecule has 0 bridgehead atoms. The minimum Gasteiger partial charge on any atom is -0.460 e. The Morgan fingerprint density at radius 2 is 2.00 bits per heavy atom. The van der Waals surface area contributed by atoms with Crippen LogP contribution in [-0.2, 0) is 23.8 Å². The smallest absolute Gasteiger partial charge is 0.350 e. The van der Waals surface area contributed by atoms with Crippen molar-refractivity contribution in [3.05, 3.63) is 0 Å². The molecule has 1 saturated heterocycles. The third-order valence-corrected chi connectivity index (χ3v) is 3.55. The van der Waals surface area contributed by atoms with Gasteiger partial charge in [-0.25, -0.2) is 4.79 Å². The first-order valence-corrected chi connectivity index (χ1v) is 6.61. The fraction of sp³-hybridized carbons (Fsp3) is 0.846. The van der Waals surface area contributed by atoms with E-state index in [2.05, 4.69) is 0 Å². The molecule has 0 radical (unpaired) electrons. The molecule has 18 heavy (non-hydrogen) atoms. The number of carbonyl (C=O) groups excluding carboxylic acids is 2. The van der Waals surface area contributed by atoms with Crippen LogP contribution >= 0.6 is 0 Å². The van der Waals surface area contributed by atoms with Gasteiger partial charge in [-0.1, -0.05) is 0 Å². The van der Waals surface area contributed by atoms with Gasteiger partial charge in [0.25, 0.3) is 0 Å². The standard InChI is InChI=1S/C13H20O5/c1-10(14)18-13(6-2-3-7-13)12(15)17-9-11-5-4-8-16-11/h11H,2-9H2,1H3/t11-/m0/s1. The van der Waals surface area contributed by atoms with Crippen molar-refractivity contribution in [2.24, 2.45) is 0 Å². The van der Waals surface area contributed by atoms with Crippen LogP contribution in [0.15, 0.2) is 0 Å². The lowest BCUT2D eigenvalue weighted by atomic mass is 10.0. The van der Waals surface area contributed by atoms with Crippen molar-refractivity contribution in [3.8, 4) is 0 Å². The molecule has 2 aliphatic rings. The highest BCUT2D eigenvalue weighted by Gasteiger charge is 2.46. The van der Waals surface area contributed by atoms with E-state index in [1.54, 1.807) is 0 Å². The summed E-state index contributed by atoms with van der Waals surface area (Å²) in [6.07, 6.45) is 4.86. The van der Waals surface area contributed by atoms with Crippen LogP contribution in [0.2, 0.25) is 0 Å². The van der Waals surface area contributed by atoms with Crippen LogP contribution in [0, 0.1) is 0 Å². The molecule has 1 saturated carbocycles. The monoisotopic (exact) mass is 256 g/mol. The van der Waals surface area contributed by atoms with Gasteiger partial charge in [0, 0.05) is 13.5 Å². The molecule has 5 nitrogen and oxygen atoms in total. The second-order valence-corrected chi connectivity index (χ2v) is 5.03. The molecule has 102 valence electrons. The molecule has 1 atom stereocenters. The molecule has 2 fully saturated rings. The highest BCUT2D eigenvalue weighted by molar-refractivity contribution is 5.83. The number of hydrogen-bond acceptors (Lipinski definition) is 5. The summed E-state index contributed by atoms with van der Waals surface area (Å²) in [5, 5.41) is 0. The van der Waals surface area contributed by atoms with E-state index in [0.29, 0.717) is 12.8 Å². The van der Waals surface area contributed by atoms with Gasteiger partial charge in [-0.05, 0) is 38.5 Å². The summed E-state index contributed by atoms with van der Waals surface area (Å²) in [5.41, 5.74) is -1.04. The summed E-state index contributed by atoms with van der Waals surface area (Å²) < 4.78 is 15.9. The van der Waals surface area contributed by atoms with E-state index in [-0.39, 0.29) is 12.7 Å². The zero-order valence-corrected chi connectivity index (χ0v) is 10.8. The Hall–Kier alpha value is -1.10. The predicted molar refractivity (Wildman–Crippen MR) is 62.9 cm³/mol. The van der Waals surface area contributed by atoms with Crippen LogP contribution in [0.25, 0.3) is 0 Å². The zero-order chi connectivity index (χ0) is 13.0. The molecule has 0 aromatic rings. The second-order valence-electron chi connectivity index (χ2n) is 5.03. The fourth-order valence-electron chi connectivity index (χ4n) is 2.65. The van der Waals surface area contributed by atoms with Crippen LogP contribution in [-0.4, -0.2) is 36.9 Å². The van der Waals surface area contributed by atoms with E-state index < -0.39 is 17.5 Å². The third kappa shape index (κ3) is 3.02. The van der Waals surface area contributed by atoms with Gasteiger partial charge in [0.05, 0.1) is 6.10 Å². The summed E-state index contributed by atoms with van der Waals surface area (Å²) in [6.45, 7) is 2.33. The molecular formula is C13H20O5. The minimum atomic E-state index is -1.04. The van der Waals surface area contributed by atoms with Crippen molar-refractivity contribution < 1.29 is 23.8 Å². The van der Waals surface area contributed by atoms with Crippen molar-refractivity contribution >= 4 is 11.9 Å². The molecular weight excluding hydrogens is 236 g/mol. The Labute approximate surface area is 107 Å². The normalized spacial score (nSPS) is 25.9. The van der Waals surface area contributed by atoms with E-state index in [4.69, 9.17) is 14.2 Å². The molecule has 0 N–H and O–H groups in total. The average molecular weight is 256 g/mol. The van der Waals surface area contributed by atoms with Gasteiger partial charge in [-0.2, -0.15) is 0 Å². The van der Waals surface area contributed by atoms with Crippen LogP contribution in [0.1, 0.15) is 45.4 Å². The first kappa shape index (κ1) is 13.3. The number of esters is 2. The molecule has 1 aliphatic carbocycles. The van der Waals surface area contributed by atoms with Crippen LogP contribution in [0.5, 0.6) is 0 Å². The molecule has 1 aliphatic heterocycles. The van der Waals surface area contributed by atoms with E-state index in [1.807, 2.05) is 0 Å². The molecule has 0 spiro atoms. The Morgan fingerprint density at radius 1 is 1.28 bits per heavy atom. The maximum Gasteiger partial charge on any atom is 0.350 e. The van der Waals surface area contributed by atoms with Gasteiger partial charge in [0.1, 0.15) is 6.61 Å². The Balaban J connectivity index is 1.89. The number of carbonyl (C=O) groups is 2. The number of ether oxygens (including phenoxy) is 3. The summed E-state index contributed by atoms with van der Waals surface area (Å²) in [6, 6.07) is 0. The molecule has 0 aromatic heterocycles. The predicted octanol–water partition coefficient (Wildman–Crippen LogP) is 1.58. The maximum atomic E-state index is 12.1. The third-order valence-electron chi connectivity index (χ3n) is 3.55. The highest BCUT2D eigenvalue weighted by Crippen LogP contribution is 2.34. The summed E-state index contributed by atoms with van der Waals surface area (Å²) in [7, 11) is 0. The van der Waals surface area contributed by atoms with Gasteiger partial charge in [0.15, 0.2) is 0 Å². The van der Waals surface area contributed by atoms with E-state index in [1.165, 1.54) is 6.92 Å². The number of hydrogen-bond donors (Lipinski definition) is 0. The Morgan fingerprint density at radius 3 is 2.56 bits per heavy atom. The molecule has 0 unspecified atom stereocenters. The van der Waals surface area contributed by atoms with E-state index in [9.17, 15) is 9.59 Å². The first-order chi connectivity index (χ1) is 8.62. The summed E-state index contributed by atoms with van der Waals surface area (Å²) >= 11 is 0. The van der Waals surface area contributed by atoms with Crippen molar-refractivity contribution in [2.45, 2.75) is 57.2 Å². The van der Waals surface area contributed by atoms with Crippen molar-refractivity contribution in [2.75, 3.05) is 13.2 Å². The SMILES string of the molecule is CC(=O)OC1(C(=O)OC[C@@H]2CCCO2)CCCC1. The Bertz CT molecular complexity index is 313. The van der Waals surface area contributed by atoms with Gasteiger partial charge in [-0.15, -0.1) is 0 Å². The van der Waals surface area contributed by atoms with Crippen LogP contribution in [0.3, 0.4) is 0 Å². The van der Waals surface area contributed by atoms with Gasteiger partial charge in [0.2, 0.25) is 5.60 Å². The lowest BCUT2D eigenvalue weighted by molar-refractivity contribution is -0.182. The van der Waals surface area contributed by atoms with Gasteiger partial charge < -0.3 is 14.2 Å². The Kier molecular flexibility index (Phi) is 4.22. The zero-order valence-electron chi connectivity index (χ0n) is 10.8. The lowest BCUT2D eigenvalue weighted by Crippen LogP contribution is -2.42. The number of rotatable bonds is 4. The van der Waals surface area contributed by atoms with Gasteiger partial charge >= 0.3 is 11.9 Å². The first-order valence-electron chi connectivity index (χ1n) is 6.61. The minimum absolute atomic E-state index is 0.00438. The van der Waals surface area contributed by atoms with Crippen molar-refractivity contribution in [1.29, 1.82) is 0 Å². The molecule has 1 heterocycles. The lowest BCUT2D eigenvalue weighted by Gasteiger charge is -2.26. The molecule has 2 rings (SSSR count). The second kappa shape index (κ2) is 5.69. The van der Waals surface area contributed by atoms with E-state index >= 15 is 0 Å². The topological polar surface area (TPSA) is 61.8 Å². The quantitative estimate of drug-likeness (QED) is 0.715. The summed E-state index contributed by atoms with van der Waals surface area (Å²) in [4.78, 5) is 23.2. The van der Waals surface area contributed by atoms with Crippen molar-refractivity contribution in [1.82, 2.24) is 0 Å². The van der Waals surface area contributed by atoms with Crippen LogP contribution < -0.4 is 0 Å². The van der Waals surface area contributed by atoms with Gasteiger partial charge in [-0.3, -0.25) is 4.79 Å².